The number of benzene rings is 2. The van der Waals surface area contributed by atoms with E-state index < -0.39 is 10.0 Å². The van der Waals surface area contributed by atoms with E-state index in [1.807, 2.05) is 0 Å². The minimum Gasteiger partial charge on any atom is -0.354 e. The fourth-order valence-corrected chi connectivity index (χ4v) is 4.47. The summed E-state index contributed by atoms with van der Waals surface area (Å²) in [4.78, 5) is 12.3. The summed E-state index contributed by atoms with van der Waals surface area (Å²) in [6, 6.07) is 13.3. The van der Waals surface area contributed by atoms with Crippen LogP contribution in [-0.2, 0) is 20.6 Å². The Hall–Kier alpha value is -1.70. The Balaban J connectivity index is 1.87. The molecule has 0 aliphatic rings. The van der Waals surface area contributed by atoms with Crippen LogP contribution in [0.25, 0.3) is 0 Å². The average molecular weight is 441 g/mol. The zero-order chi connectivity index (χ0) is 20.7. The maximum atomic E-state index is 12.3. The third kappa shape index (κ3) is 6.72. The third-order valence-corrected chi connectivity index (χ3v) is 6.72. The lowest BCUT2D eigenvalue weighted by Crippen LogP contribution is -2.41. The van der Waals surface area contributed by atoms with Crippen LogP contribution < -0.4 is 9.62 Å². The van der Waals surface area contributed by atoms with E-state index in [2.05, 4.69) is 36.5 Å². The Morgan fingerprint density at radius 2 is 1.82 bits per heavy atom. The summed E-state index contributed by atoms with van der Waals surface area (Å²) in [6.45, 7) is 3.98. The molecule has 0 spiro atoms. The van der Waals surface area contributed by atoms with Crippen molar-refractivity contribution in [3.05, 3.63) is 64.2 Å². The molecular weight excluding hydrogens is 416 g/mol. The molecule has 1 amide bonds. The Bertz CT molecular complexity index is 916. The number of hydrogen-bond acceptors (Lipinski definition) is 4. The Morgan fingerprint density at radius 3 is 2.46 bits per heavy atom. The highest BCUT2D eigenvalue weighted by Crippen LogP contribution is 2.27. The smallest absolute Gasteiger partial charge is 0.240 e. The van der Waals surface area contributed by atoms with Crippen molar-refractivity contribution in [1.29, 1.82) is 0 Å². The van der Waals surface area contributed by atoms with Crippen LogP contribution in [0.5, 0.6) is 0 Å². The standard InChI is InChI=1S/C20H25ClN2O3S2/c1-15-7-9-17(10-8-15)14-27-12-11-22-20(24)13-23(28(3,25)26)19-6-4-5-18(21)16(19)2/h4-10H,11-14H2,1-3H3,(H,22,24). The lowest BCUT2D eigenvalue weighted by Gasteiger charge is -2.24. The number of carbonyl (C=O) groups excluding carboxylic acids is 1. The van der Waals surface area contributed by atoms with E-state index in [0.717, 1.165) is 22.1 Å². The molecule has 2 aromatic rings. The lowest BCUT2D eigenvalue weighted by molar-refractivity contribution is -0.119. The number of nitrogens with zero attached hydrogens (tertiary/aromatic N) is 1. The number of sulfonamides is 1. The van der Waals surface area contributed by atoms with E-state index in [4.69, 9.17) is 11.6 Å². The normalized spacial score (nSPS) is 11.3. The third-order valence-electron chi connectivity index (χ3n) is 4.15. The monoisotopic (exact) mass is 440 g/mol. The SMILES string of the molecule is Cc1ccc(CSCCNC(=O)CN(c2cccc(Cl)c2C)S(C)(=O)=O)cc1. The fraction of sp³-hybridized carbons (Fsp3) is 0.350. The van der Waals surface area contributed by atoms with E-state index in [1.54, 1.807) is 36.9 Å². The van der Waals surface area contributed by atoms with Crippen molar-refractivity contribution in [2.24, 2.45) is 0 Å². The quantitative estimate of drug-likeness (QED) is 0.602. The van der Waals surface area contributed by atoms with Crippen LogP contribution in [0.1, 0.15) is 16.7 Å². The van der Waals surface area contributed by atoms with Gasteiger partial charge in [0.25, 0.3) is 0 Å². The Labute approximate surface area is 176 Å². The van der Waals surface area contributed by atoms with Gasteiger partial charge in [0.15, 0.2) is 0 Å². The van der Waals surface area contributed by atoms with E-state index in [1.165, 1.54) is 11.1 Å². The fourth-order valence-electron chi connectivity index (χ4n) is 2.57. The summed E-state index contributed by atoms with van der Waals surface area (Å²) in [5, 5.41) is 3.24. The summed E-state index contributed by atoms with van der Waals surface area (Å²) in [7, 11) is -3.62. The average Bonchev–Trinajstić information content (AvgIpc) is 2.63. The first-order valence-corrected chi connectivity index (χ1v) is 12.2. The maximum absolute atomic E-state index is 12.3. The van der Waals surface area contributed by atoms with Crippen molar-refractivity contribution in [2.45, 2.75) is 19.6 Å². The van der Waals surface area contributed by atoms with Crippen molar-refractivity contribution < 1.29 is 13.2 Å². The summed E-state index contributed by atoms with van der Waals surface area (Å²) in [5.74, 6) is 1.27. The van der Waals surface area contributed by atoms with Crippen LogP contribution in [0.4, 0.5) is 5.69 Å². The molecule has 1 N–H and O–H groups in total. The number of rotatable bonds is 9. The second kappa shape index (κ2) is 10.2. The molecule has 0 aliphatic carbocycles. The summed E-state index contributed by atoms with van der Waals surface area (Å²) in [5.41, 5.74) is 3.50. The Kier molecular flexibility index (Phi) is 8.22. The van der Waals surface area contributed by atoms with Crippen LogP contribution in [0, 0.1) is 13.8 Å². The van der Waals surface area contributed by atoms with Crippen LogP contribution in [-0.4, -0.2) is 39.4 Å². The van der Waals surface area contributed by atoms with Crippen molar-refractivity contribution >= 4 is 45.0 Å². The minimum absolute atomic E-state index is 0.275. The molecule has 2 aromatic carbocycles. The predicted octanol–water partition coefficient (Wildman–Crippen LogP) is 3.77. The molecule has 0 fully saturated rings. The van der Waals surface area contributed by atoms with Gasteiger partial charge in [-0.05, 0) is 37.1 Å². The van der Waals surface area contributed by atoms with Crippen molar-refractivity contribution in [2.75, 3.05) is 29.4 Å². The summed E-state index contributed by atoms with van der Waals surface area (Å²) >= 11 is 7.81. The van der Waals surface area contributed by atoms with E-state index in [9.17, 15) is 13.2 Å². The number of amides is 1. The topological polar surface area (TPSA) is 66.5 Å². The first-order valence-electron chi connectivity index (χ1n) is 8.81. The largest absolute Gasteiger partial charge is 0.354 e. The van der Waals surface area contributed by atoms with Gasteiger partial charge in [-0.25, -0.2) is 8.42 Å². The number of hydrogen-bond donors (Lipinski definition) is 1. The van der Waals surface area contributed by atoms with E-state index in [0.29, 0.717) is 22.8 Å². The second-order valence-electron chi connectivity index (χ2n) is 6.54. The van der Waals surface area contributed by atoms with Gasteiger partial charge in [0.2, 0.25) is 15.9 Å². The molecule has 0 saturated heterocycles. The van der Waals surface area contributed by atoms with Gasteiger partial charge >= 0.3 is 0 Å². The van der Waals surface area contributed by atoms with Crippen molar-refractivity contribution in [1.82, 2.24) is 5.32 Å². The van der Waals surface area contributed by atoms with E-state index in [-0.39, 0.29) is 12.5 Å². The molecule has 2 rings (SSSR count). The molecule has 0 bridgehead atoms. The molecule has 0 saturated carbocycles. The molecule has 0 heterocycles. The number of carbonyl (C=O) groups is 1. The highest BCUT2D eigenvalue weighted by Gasteiger charge is 2.22. The number of halogens is 1. The zero-order valence-electron chi connectivity index (χ0n) is 16.2. The first-order chi connectivity index (χ1) is 13.2. The molecule has 8 heteroatoms. The number of aryl methyl sites for hydroxylation is 1. The molecule has 152 valence electrons. The van der Waals surface area contributed by atoms with Gasteiger partial charge in [0, 0.05) is 23.1 Å². The molecule has 0 atom stereocenters. The number of anilines is 1. The highest BCUT2D eigenvalue weighted by molar-refractivity contribution is 7.98. The van der Waals surface area contributed by atoms with Gasteiger partial charge in [-0.3, -0.25) is 9.10 Å². The molecule has 0 unspecified atom stereocenters. The first kappa shape index (κ1) is 22.6. The number of thioether (sulfide) groups is 1. The zero-order valence-corrected chi connectivity index (χ0v) is 18.6. The van der Waals surface area contributed by atoms with Crippen LogP contribution in [0.15, 0.2) is 42.5 Å². The van der Waals surface area contributed by atoms with Crippen LogP contribution >= 0.6 is 23.4 Å². The summed E-state index contributed by atoms with van der Waals surface area (Å²) in [6.07, 6.45) is 1.08. The van der Waals surface area contributed by atoms with Crippen molar-refractivity contribution in [3.63, 3.8) is 0 Å². The van der Waals surface area contributed by atoms with Gasteiger partial charge in [-0.1, -0.05) is 47.5 Å². The predicted molar refractivity (Wildman–Crippen MR) is 119 cm³/mol. The highest BCUT2D eigenvalue weighted by atomic mass is 35.5. The van der Waals surface area contributed by atoms with Gasteiger partial charge in [0.05, 0.1) is 11.9 Å². The Morgan fingerprint density at radius 1 is 1.14 bits per heavy atom. The van der Waals surface area contributed by atoms with Gasteiger partial charge in [-0.2, -0.15) is 11.8 Å². The molecular formula is C20H25ClN2O3S2. The number of nitrogens with one attached hydrogen (secondary N) is 1. The van der Waals surface area contributed by atoms with Crippen LogP contribution in [0.3, 0.4) is 0 Å². The minimum atomic E-state index is -3.62. The van der Waals surface area contributed by atoms with Gasteiger partial charge in [-0.15, -0.1) is 0 Å². The molecule has 0 aliphatic heterocycles. The molecule has 28 heavy (non-hydrogen) atoms. The maximum Gasteiger partial charge on any atom is 0.240 e. The molecule has 0 radical (unpaired) electrons. The molecule has 0 aromatic heterocycles. The van der Waals surface area contributed by atoms with E-state index >= 15 is 0 Å². The second-order valence-corrected chi connectivity index (χ2v) is 9.96. The van der Waals surface area contributed by atoms with Gasteiger partial charge in [0.1, 0.15) is 6.54 Å². The molecule has 5 nitrogen and oxygen atoms in total. The lowest BCUT2D eigenvalue weighted by atomic mass is 10.2. The van der Waals surface area contributed by atoms with Crippen molar-refractivity contribution in [3.8, 4) is 0 Å². The van der Waals surface area contributed by atoms with Crippen LogP contribution in [0.2, 0.25) is 5.02 Å². The van der Waals surface area contributed by atoms with Gasteiger partial charge < -0.3 is 5.32 Å². The summed E-state index contributed by atoms with van der Waals surface area (Å²) < 4.78 is 25.5.